The first-order valence-electron chi connectivity index (χ1n) is 2.87. The van der Waals surface area contributed by atoms with Gasteiger partial charge in [0, 0.05) is 13.8 Å². The van der Waals surface area contributed by atoms with E-state index in [0.29, 0.717) is 0 Å². The molecule has 6 heteroatoms. The fourth-order valence-electron chi connectivity index (χ4n) is 0.350. The van der Waals surface area contributed by atoms with E-state index in [9.17, 15) is 14.4 Å². The van der Waals surface area contributed by atoms with Crippen LogP contribution in [0.4, 0.5) is 0 Å². The van der Waals surface area contributed by atoms with Crippen LogP contribution in [0.2, 0.25) is 0 Å². The summed E-state index contributed by atoms with van der Waals surface area (Å²) in [6.07, 6.45) is 0. The van der Waals surface area contributed by atoms with Crippen LogP contribution < -0.4 is 0 Å². The third kappa shape index (κ3) is 9.61. The zero-order valence-electron chi connectivity index (χ0n) is 6.25. The molecule has 0 heterocycles. The van der Waals surface area contributed by atoms with Gasteiger partial charge < -0.3 is 9.47 Å². The van der Waals surface area contributed by atoms with Crippen LogP contribution in [0.15, 0.2) is 0 Å². The summed E-state index contributed by atoms with van der Waals surface area (Å²) in [6.45, 7) is 1.72. The Morgan fingerprint density at radius 3 is 1.92 bits per heavy atom. The predicted molar refractivity (Wildman–Crippen MR) is 40.6 cm³/mol. The van der Waals surface area contributed by atoms with E-state index in [1.807, 2.05) is 0 Å². The summed E-state index contributed by atoms with van der Waals surface area (Å²) < 4.78 is 8.28. The average Bonchev–Trinajstić information content (AvgIpc) is 1.82. The van der Waals surface area contributed by atoms with Gasteiger partial charge in [-0.3, -0.25) is 9.59 Å². The summed E-state index contributed by atoms with van der Waals surface area (Å²) in [6, 6.07) is 0. The number of carbonyl (C=O) groups is 3. The Hall–Kier alpha value is -0.390. The second-order valence-electron chi connectivity index (χ2n) is 1.75. The van der Waals surface area contributed by atoms with Gasteiger partial charge in [-0.25, -0.2) is 4.79 Å². The van der Waals surface area contributed by atoms with Gasteiger partial charge in [0.25, 0.3) is 0 Å². The molecule has 0 aliphatic heterocycles. The van der Waals surface area contributed by atoms with E-state index in [2.05, 4.69) is 9.47 Å². The first-order chi connectivity index (χ1) is 5.02. The van der Waals surface area contributed by atoms with Crippen LogP contribution in [0.5, 0.6) is 0 Å². The van der Waals surface area contributed by atoms with E-state index in [1.165, 1.54) is 0 Å². The van der Waals surface area contributed by atoms with Gasteiger partial charge in [0.2, 0.25) is 0 Å². The zero-order chi connectivity index (χ0) is 8.85. The Kier molecular flexibility index (Phi) is 8.57. The number of carbonyl (C=O) groups excluding carboxylic acids is 3. The summed E-state index contributed by atoms with van der Waals surface area (Å²) in [5, 5.41) is 0. The molecule has 0 aromatic heterocycles. The maximum absolute atomic E-state index is 10.4. The van der Waals surface area contributed by atoms with Gasteiger partial charge in [-0.1, -0.05) is 0 Å². The minimum atomic E-state index is -0.868. The summed E-state index contributed by atoms with van der Waals surface area (Å²) in [5.74, 6) is -2.18. The quantitative estimate of drug-likeness (QED) is 0.312. The van der Waals surface area contributed by atoms with Gasteiger partial charge in [-0.15, -0.1) is 0 Å². The molecule has 5 nitrogen and oxygen atoms in total. The second kappa shape index (κ2) is 7.27. The summed E-state index contributed by atoms with van der Waals surface area (Å²) in [4.78, 5) is 30.7. The number of hydrogen-bond donors (Lipinski definition) is 0. The van der Waals surface area contributed by atoms with Crippen molar-refractivity contribution in [2.75, 3.05) is 6.61 Å². The second-order valence-corrected chi connectivity index (χ2v) is 1.75. The van der Waals surface area contributed by atoms with Crippen molar-refractivity contribution in [3.8, 4) is 0 Å². The molecule has 0 N–H and O–H groups in total. The van der Waals surface area contributed by atoms with E-state index in [1.54, 1.807) is 0 Å². The van der Waals surface area contributed by atoms with Gasteiger partial charge >= 0.3 is 47.5 Å². The van der Waals surface area contributed by atoms with Crippen molar-refractivity contribution in [3.05, 3.63) is 0 Å². The third-order valence-corrected chi connectivity index (χ3v) is 0.651. The van der Waals surface area contributed by atoms with Crippen molar-refractivity contribution < 1.29 is 23.9 Å². The standard InChI is InChI=1S/C6H8O5.Na.H/c1-4(7)10-3-6(9)11-5(2)8;;/h3H2,1-2H3;;. The van der Waals surface area contributed by atoms with E-state index in [4.69, 9.17) is 0 Å². The van der Waals surface area contributed by atoms with Gasteiger partial charge in [-0.05, 0) is 0 Å². The first-order valence-corrected chi connectivity index (χ1v) is 2.87. The first kappa shape index (κ1) is 14.2. The van der Waals surface area contributed by atoms with Crippen molar-refractivity contribution in [3.63, 3.8) is 0 Å². The molecule has 0 spiro atoms. The van der Waals surface area contributed by atoms with Crippen LogP contribution in [0.3, 0.4) is 0 Å². The number of hydrogen-bond acceptors (Lipinski definition) is 5. The van der Waals surface area contributed by atoms with Gasteiger partial charge in [-0.2, -0.15) is 0 Å². The minimum absolute atomic E-state index is 0. The molecule has 0 aliphatic carbocycles. The molecule has 64 valence electrons. The van der Waals surface area contributed by atoms with E-state index in [0.717, 1.165) is 13.8 Å². The molecular weight excluding hydrogens is 175 g/mol. The molecule has 0 saturated heterocycles. The SMILES string of the molecule is CC(=O)OCC(=O)OC(C)=O.[NaH]. The molecule has 0 bridgehead atoms. The van der Waals surface area contributed by atoms with Gasteiger partial charge in [0.05, 0.1) is 0 Å². The molecule has 0 saturated carbocycles. The Bertz CT molecular complexity index is 188. The topological polar surface area (TPSA) is 69.7 Å². The third-order valence-electron chi connectivity index (χ3n) is 0.651. The molecular formula is C6H9NaO5. The van der Waals surface area contributed by atoms with Crippen molar-refractivity contribution >= 4 is 47.5 Å². The van der Waals surface area contributed by atoms with Crippen LogP contribution in [0.25, 0.3) is 0 Å². The normalized spacial score (nSPS) is 7.83. The molecule has 0 aromatic carbocycles. The fraction of sp³-hybridized carbons (Fsp3) is 0.500. The van der Waals surface area contributed by atoms with Crippen molar-refractivity contribution in [1.29, 1.82) is 0 Å². The molecule has 0 aliphatic rings. The van der Waals surface area contributed by atoms with Gasteiger partial charge in [0.1, 0.15) is 0 Å². The molecule has 12 heavy (non-hydrogen) atoms. The number of ether oxygens (including phenoxy) is 2. The Labute approximate surface area is 91.7 Å². The van der Waals surface area contributed by atoms with Gasteiger partial charge in [0.15, 0.2) is 6.61 Å². The van der Waals surface area contributed by atoms with Crippen LogP contribution in [0.1, 0.15) is 13.8 Å². The molecule has 0 aromatic rings. The van der Waals surface area contributed by atoms with E-state index >= 15 is 0 Å². The zero-order valence-corrected chi connectivity index (χ0v) is 6.25. The fourth-order valence-corrected chi connectivity index (χ4v) is 0.350. The molecule has 0 atom stereocenters. The van der Waals surface area contributed by atoms with E-state index < -0.39 is 24.5 Å². The predicted octanol–water partition coefficient (Wildman–Crippen LogP) is -1.01. The molecule has 0 rings (SSSR count). The van der Waals surface area contributed by atoms with Crippen molar-refractivity contribution in [2.24, 2.45) is 0 Å². The number of esters is 3. The van der Waals surface area contributed by atoms with Crippen LogP contribution in [-0.4, -0.2) is 54.1 Å². The number of rotatable bonds is 2. The average molecular weight is 184 g/mol. The Balaban J connectivity index is 0. The van der Waals surface area contributed by atoms with Crippen LogP contribution >= 0.6 is 0 Å². The molecule has 0 amide bonds. The van der Waals surface area contributed by atoms with Crippen LogP contribution in [0, 0.1) is 0 Å². The van der Waals surface area contributed by atoms with Crippen molar-refractivity contribution in [1.82, 2.24) is 0 Å². The van der Waals surface area contributed by atoms with Crippen molar-refractivity contribution in [2.45, 2.75) is 13.8 Å². The summed E-state index contributed by atoms with van der Waals surface area (Å²) in [7, 11) is 0. The van der Waals surface area contributed by atoms with E-state index in [-0.39, 0.29) is 29.6 Å². The molecule has 0 unspecified atom stereocenters. The molecule has 0 fully saturated rings. The Morgan fingerprint density at radius 1 is 1.08 bits per heavy atom. The molecule has 0 radical (unpaired) electrons. The Morgan fingerprint density at radius 2 is 1.58 bits per heavy atom. The van der Waals surface area contributed by atoms with Crippen LogP contribution in [-0.2, 0) is 23.9 Å². The summed E-state index contributed by atoms with van der Waals surface area (Å²) >= 11 is 0. The maximum atomic E-state index is 10.4. The summed E-state index contributed by atoms with van der Waals surface area (Å²) in [5.41, 5.74) is 0. The monoisotopic (exact) mass is 184 g/mol.